The number of rotatable bonds is 8. The molecule has 1 amide bonds. The molecule has 158 valence electrons. The number of nitrogens with one attached hydrogen (secondary N) is 1. The Balaban J connectivity index is 1.66. The molecule has 30 heavy (non-hydrogen) atoms. The molecule has 0 aliphatic rings. The van der Waals surface area contributed by atoms with Gasteiger partial charge in [0.1, 0.15) is 17.1 Å². The third-order valence-corrected chi connectivity index (χ3v) is 4.70. The minimum Gasteiger partial charge on any atom is -0.496 e. The average Bonchev–Trinajstić information content (AvgIpc) is 3.08. The number of methoxy groups -OCH3 is 1. The van der Waals surface area contributed by atoms with E-state index in [0.717, 1.165) is 10.9 Å². The van der Waals surface area contributed by atoms with E-state index >= 15 is 0 Å². The van der Waals surface area contributed by atoms with E-state index in [1.54, 1.807) is 26.2 Å². The maximum atomic E-state index is 12.6. The van der Waals surface area contributed by atoms with Crippen molar-refractivity contribution in [3.8, 4) is 11.5 Å². The number of ether oxygens (including phenoxy) is 3. The Morgan fingerprint density at radius 3 is 2.67 bits per heavy atom. The Kier molecular flexibility index (Phi) is 6.61. The third kappa shape index (κ3) is 4.56. The van der Waals surface area contributed by atoms with E-state index in [0.29, 0.717) is 29.3 Å². The van der Waals surface area contributed by atoms with Crippen LogP contribution in [0.1, 0.15) is 35.5 Å². The first kappa shape index (κ1) is 21.2. The highest BCUT2D eigenvalue weighted by atomic mass is 16.6. The van der Waals surface area contributed by atoms with Crippen LogP contribution in [0.5, 0.6) is 11.5 Å². The van der Waals surface area contributed by atoms with Crippen LogP contribution in [-0.4, -0.2) is 31.7 Å². The summed E-state index contributed by atoms with van der Waals surface area (Å²) >= 11 is 0. The zero-order valence-corrected chi connectivity index (χ0v) is 17.5. The van der Waals surface area contributed by atoms with E-state index in [-0.39, 0.29) is 12.3 Å². The number of amides is 1. The van der Waals surface area contributed by atoms with Crippen LogP contribution >= 0.6 is 0 Å². The standard InChI is InChI=1S/C23H25NO6/c1-5-28-17-10-11-20-18(12-17)14(2)21(30-20)23(26)29-15(3)22(25)24-13-16-8-6-7-9-19(16)27-4/h6-12,15H,5,13H2,1-4H3,(H,24,25)/t15-/m1/s1. The lowest BCUT2D eigenvalue weighted by molar-refractivity contribution is -0.129. The summed E-state index contributed by atoms with van der Waals surface area (Å²) in [5, 5.41) is 3.51. The van der Waals surface area contributed by atoms with Gasteiger partial charge in [-0.15, -0.1) is 0 Å². The van der Waals surface area contributed by atoms with Crippen LogP contribution in [0, 0.1) is 6.92 Å². The fourth-order valence-corrected chi connectivity index (χ4v) is 3.09. The summed E-state index contributed by atoms with van der Waals surface area (Å²) in [7, 11) is 1.57. The zero-order chi connectivity index (χ0) is 21.7. The first-order valence-electron chi connectivity index (χ1n) is 9.71. The van der Waals surface area contributed by atoms with Crippen molar-refractivity contribution < 1.29 is 28.2 Å². The molecule has 1 aromatic heterocycles. The summed E-state index contributed by atoms with van der Waals surface area (Å²) in [6, 6.07) is 12.7. The lowest BCUT2D eigenvalue weighted by Crippen LogP contribution is -2.35. The van der Waals surface area contributed by atoms with Crippen LogP contribution < -0.4 is 14.8 Å². The van der Waals surface area contributed by atoms with Gasteiger partial charge in [0.15, 0.2) is 6.10 Å². The van der Waals surface area contributed by atoms with Gasteiger partial charge in [0.25, 0.3) is 5.91 Å². The van der Waals surface area contributed by atoms with Crippen molar-refractivity contribution in [2.24, 2.45) is 0 Å². The molecular formula is C23H25NO6. The summed E-state index contributed by atoms with van der Waals surface area (Å²) in [5.41, 5.74) is 2.01. The van der Waals surface area contributed by atoms with Crippen molar-refractivity contribution >= 4 is 22.8 Å². The van der Waals surface area contributed by atoms with Gasteiger partial charge in [-0.25, -0.2) is 4.79 Å². The van der Waals surface area contributed by atoms with Crippen molar-refractivity contribution in [3.05, 3.63) is 59.4 Å². The van der Waals surface area contributed by atoms with Crippen LogP contribution in [0.25, 0.3) is 11.0 Å². The molecule has 3 rings (SSSR count). The van der Waals surface area contributed by atoms with Gasteiger partial charge < -0.3 is 23.9 Å². The average molecular weight is 411 g/mol. The number of fused-ring (bicyclic) bond motifs is 1. The molecule has 0 aliphatic heterocycles. The van der Waals surface area contributed by atoms with Crippen LogP contribution in [-0.2, 0) is 16.1 Å². The van der Waals surface area contributed by atoms with E-state index in [2.05, 4.69) is 5.32 Å². The van der Waals surface area contributed by atoms with Crippen LogP contribution in [0.3, 0.4) is 0 Å². The fourth-order valence-electron chi connectivity index (χ4n) is 3.09. The van der Waals surface area contributed by atoms with Crippen molar-refractivity contribution in [1.29, 1.82) is 0 Å². The molecule has 0 radical (unpaired) electrons. The number of hydrogen-bond donors (Lipinski definition) is 1. The monoisotopic (exact) mass is 411 g/mol. The fraction of sp³-hybridized carbons (Fsp3) is 0.304. The lowest BCUT2D eigenvalue weighted by Gasteiger charge is -2.14. The molecule has 7 nitrogen and oxygen atoms in total. The van der Waals surface area contributed by atoms with Gasteiger partial charge in [-0.05, 0) is 45.0 Å². The van der Waals surface area contributed by atoms with Gasteiger partial charge >= 0.3 is 5.97 Å². The number of benzene rings is 2. The maximum Gasteiger partial charge on any atom is 0.375 e. The first-order chi connectivity index (χ1) is 14.4. The van der Waals surface area contributed by atoms with Gasteiger partial charge in [-0.2, -0.15) is 0 Å². The molecule has 7 heteroatoms. The minimum atomic E-state index is -0.987. The van der Waals surface area contributed by atoms with Crippen molar-refractivity contribution in [2.45, 2.75) is 33.4 Å². The maximum absolute atomic E-state index is 12.6. The topological polar surface area (TPSA) is 87.0 Å². The molecule has 0 bridgehead atoms. The molecule has 1 atom stereocenters. The first-order valence-corrected chi connectivity index (χ1v) is 9.71. The smallest absolute Gasteiger partial charge is 0.375 e. The van der Waals surface area contributed by atoms with Crippen LogP contribution in [0.4, 0.5) is 0 Å². The summed E-state index contributed by atoms with van der Waals surface area (Å²) in [6.07, 6.45) is -0.987. The number of furan rings is 1. The summed E-state index contributed by atoms with van der Waals surface area (Å²) in [6.45, 7) is 5.98. The molecule has 1 heterocycles. The third-order valence-electron chi connectivity index (χ3n) is 4.70. The van der Waals surface area contributed by atoms with Crippen molar-refractivity contribution in [2.75, 3.05) is 13.7 Å². The predicted octanol–water partition coefficient (Wildman–Crippen LogP) is 4.01. The SMILES string of the molecule is CCOc1ccc2oc(C(=O)O[C@H](C)C(=O)NCc3ccccc3OC)c(C)c2c1. The Morgan fingerprint density at radius 2 is 1.93 bits per heavy atom. The van der Waals surface area contributed by atoms with Crippen molar-refractivity contribution in [1.82, 2.24) is 5.32 Å². The molecule has 0 saturated carbocycles. The summed E-state index contributed by atoms with van der Waals surface area (Å²) in [5.74, 6) is 0.330. The lowest BCUT2D eigenvalue weighted by atomic mass is 10.1. The zero-order valence-electron chi connectivity index (χ0n) is 17.5. The van der Waals surface area contributed by atoms with Crippen molar-refractivity contribution in [3.63, 3.8) is 0 Å². The van der Waals surface area contributed by atoms with E-state index in [1.807, 2.05) is 37.3 Å². The summed E-state index contributed by atoms with van der Waals surface area (Å²) < 4.78 is 21.7. The second-order valence-corrected chi connectivity index (χ2v) is 6.72. The van der Waals surface area contributed by atoms with Gasteiger partial charge in [0.05, 0.1) is 13.7 Å². The molecule has 3 aromatic rings. The largest absolute Gasteiger partial charge is 0.496 e. The Bertz CT molecular complexity index is 1060. The number of hydrogen-bond acceptors (Lipinski definition) is 6. The van der Waals surface area contributed by atoms with E-state index in [9.17, 15) is 9.59 Å². The quantitative estimate of drug-likeness (QED) is 0.564. The molecule has 0 fully saturated rings. The van der Waals surface area contributed by atoms with E-state index in [1.165, 1.54) is 6.92 Å². The number of carbonyl (C=O) groups excluding carboxylic acids is 2. The van der Waals surface area contributed by atoms with E-state index < -0.39 is 18.0 Å². The highest BCUT2D eigenvalue weighted by Gasteiger charge is 2.24. The molecule has 0 aliphatic carbocycles. The molecule has 0 unspecified atom stereocenters. The molecule has 2 aromatic carbocycles. The predicted molar refractivity (Wildman–Crippen MR) is 112 cm³/mol. The summed E-state index contributed by atoms with van der Waals surface area (Å²) in [4.78, 5) is 25.0. The molecule has 0 saturated heterocycles. The van der Waals surface area contributed by atoms with Gasteiger partial charge in [-0.3, -0.25) is 4.79 Å². The second-order valence-electron chi connectivity index (χ2n) is 6.72. The van der Waals surface area contributed by atoms with Gasteiger partial charge in [0, 0.05) is 23.1 Å². The van der Waals surface area contributed by atoms with Crippen LogP contribution in [0.2, 0.25) is 0 Å². The Morgan fingerprint density at radius 1 is 1.17 bits per heavy atom. The highest BCUT2D eigenvalue weighted by molar-refractivity contribution is 5.97. The molecule has 1 N–H and O–H groups in total. The minimum absolute atomic E-state index is 0.0722. The number of aryl methyl sites for hydroxylation is 1. The van der Waals surface area contributed by atoms with Gasteiger partial charge in [-0.1, -0.05) is 18.2 Å². The van der Waals surface area contributed by atoms with E-state index in [4.69, 9.17) is 18.6 Å². The highest BCUT2D eigenvalue weighted by Crippen LogP contribution is 2.29. The van der Waals surface area contributed by atoms with Crippen LogP contribution in [0.15, 0.2) is 46.9 Å². The Hall–Kier alpha value is -3.48. The number of para-hydroxylation sites is 1. The number of carbonyl (C=O) groups is 2. The molecular weight excluding hydrogens is 386 g/mol. The number of esters is 1. The van der Waals surface area contributed by atoms with Gasteiger partial charge in [0.2, 0.25) is 5.76 Å². The normalized spacial score (nSPS) is 11.7. The molecule has 0 spiro atoms. The second kappa shape index (κ2) is 9.35. The Labute approximate surface area is 174 Å².